The molecule has 1 rings (SSSR count). The summed E-state index contributed by atoms with van der Waals surface area (Å²) in [5, 5.41) is 9.33. The molecule has 0 aromatic heterocycles. The van der Waals surface area contributed by atoms with Crippen molar-refractivity contribution in [3.05, 3.63) is 33.8 Å². The van der Waals surface area contributed by atoms with Crippen LogP contribution in [0.25, 0.3) is 0 Å². The molecule has 0 aliphatic heterocycles. The van der Waals surface area contributed by atoms with Gasteiger partial charge in [0.25, 0.3) is 0 Å². The van der Waals surface area contributed by atoms with Crippen molar-refractivity contribution in [3.8, 4) is 0 Å². The molecule has 1 aromatic carbocycles. The van der Waals surface area contributed by atoms with Crippen LogP contribution in [0.1, 0.15) is 18.9 Å². The SMILES string of the molecule is CCC(=N)SCc1ccc(Cl)c(Cl)c1.Cl. The summed E-state index contributed by atoms with van der Waals surface area (Å²) >= 11 is 13.2. The van der Waals surface area contributed by atoms with Gasteiger partial charge in [-0.3, -0.25) is 5.41 Å². The fourth-order valence-electron chi connectivity index (χ4n) is 0.902. The van der Waals surface area contributed by atoms with Crippen molar-refractivity contribution >= 4 is 52.4 Å². The smallest absolute Gasteiger partial charge is 0.0641 e. The van der Waals surface area contributed by atoms with Gasteiger partial charge >= 0.3 is 0 Å². The fourth-order valence-corrected chi connectivity index (χ4v) is 1.95. The molecule has 0 saturated heterocycles. The first-order valence-electron chi connectivity index (χ1n) is 4.27. The van der Waals surface area contributed by atoms with Gasteiger partial charge in [0.1, 0.15) is 0 Å². The minimum atomic E-state index is 0. The van der Waals surface area contributed by atoms with Crippen LogP contribution < -0.4 is 0 Å². The van der Waals surface area contributed by atoms with E-state index in [1.807, 2.05) is 19.1 Å². The third kappa shape index (κ3) is 5.12. The molecule has 0 bridgehead atoms. The standard InChI is InChI=1S/C10H11Cl2NS.ClH/c1-2-10(13)14-6-7-3-4-8(11)9(12)5-7;/h3-5,13H,2,6H2,1H3;1H. The summed E-state index contributed by atoms with van der Waals surface area (Å²) in [5.41, 5.74) is 1.10. The van der Waals surface area contributed by atoms with Crippen molar-refractivity contribution in [2.45, 2.75) is 19.1 Å². The van der Waals surface area contributed by atoms with Crippen molar-refractivity contribution in [1.82, 2.24) is 0 Å². The van der Waals surface area contributed by atoms with Gasteiger partial charge in [-0.25, -0.2) is 0 Å². The fraction of sp³-hybridized carbons (Fsp3) is 0.300. The van der Waals surface area contributed by atoms with Gasteiger partial charge in [0.05, 0.1) is 15.1 Å². The van der Waals surface area contributed by atoms with Gasteiger partial charge < -0.3 is 0 Å². The highest BCUT2D eigenvalue weighted by Gasteiger charge is 2.01. The predicted octanol–water partition coefficient (Wildman–Crippen LogP) is 5.04. The topological polar surface area (TPSA) is 23.9 Å². The summed E-state index contributed by atoms with van der Waals surface area (Å²) in [6.07, 6.45) is 0.784. The molecule has 1 N–H and O–H groups in total. The van der Waals surface area contributed by atoms with Crippen LogP contribution in [0.5, 0.6) is 0 Å². The van der Waals surface area contributed by atoms with Crippen molar-refractivity contribution in [3.63, 3.8) is 0 Å². The van der Waals surface area contributed by atoms with Crippen LogP contribution in [0.15, 0.2) is 18.2 Å². The zero-order valence-corrected chi connectivity index (χ0v) is 11.4. The lowest BCUT2D eigenvalue weighted by Crippen LogP contribution is -1.88. The first-order chi connectivity index (χ1) is 6.63. The minimum Gasteiger partial charge on any atom is -0.298 e. The van der Waals surface area contributed by atoms with Crippen molar-refractivity contribution in [2.24, 2.45) is 0 Å². The summed E-state index contributed by atoms with van der Waals surface area (Å²) in [7, 11) is 0. The Morgan fingerprint density at radius 2 is 2.00 bits per heavy atom. The van der Waals surface area contributed by atoms with Crippen molar-refractivity contribution in [1.29, 1.82) is 5.41 Å². The predicted molar refractivity (Wildman–Crippen MR) is 73.0 cm³/mol. The number of hydrogen-bond acceptors (Lipinski definition) is 2. The zero-order chi connectivity index (χ0) is 10.6. The van der Waals surface area contributed by atoms with Gasteiger partial charge in [0.15, 0.2) is 0 Å². The van der Waals surface area contributed by atoms with Crippen LogP contribution in [-0.4, -0.2) is 5.04 Å². The first kappa shape index (κ1) is 15.1. The van der Waals surface area contributed by atoms with Crippen LogP contribution in [0.4, 0.5) is 0 Å². The Hall–Kier alpha value is 0.110. The maximum atomic E-state index is 7.49. The molecule has 0 saturated carbocycles. The normalized spacial score (nSPS) is 9.53. The molecule has 0 fully saturated rings. The van der Waals surface area contributed by atoms with E-state index in [0.29, 0.717) is 15.1 Å². The van der Waals surface area contributed by atoms with E-state index in [2.05, 4.69) is 0 Å². The minimum absolute atomic E-state index is 0. The summed E-state index contributed by atoms with van der Waals surface area (Å²) < 4.78 is 0. The molecule has 0 aliphatic carbocycles. The number of rotatable bonds is 3. The second-order valence-corrected chi connectivity index (χ2v) is 4.70. The molecule has 0 spiro atoms. The first-order valence-corrected chi connectivity index (χ1v) is 6.01. The van der Waals surface area contributed by atoms with E-state index in [9.17, 15) is 0 Å². The van der Waals surface area contributed by atoms with Crippen molar-refractivity contribution < 1.29 is 0 Å². The van der Waals surface area contributed by atoms with E-state index in [0.717, 1.165) is 17.7 Å². The largest absolute Gasteiger partial charge is 0.298 e. The maximum Gasteiger partial charge on any atom is 0.0641 e. The molecule has 84 valence electrons. The Kier molecular flexibility index (Phi) is 7.45. The molecule has 0 unspecified atom stereocenters. The van der Waals surface area contributed by atoms with Gasteiger partial charge in [0.2, 0.25) is 0 Å². The van der Waals surface area contributed by atoms with E-state index in [1.54, 1.807) is 6.07 Å². The molecule has 0 aliphatic rings. The monoisotopic (exact) mass is 283 g/mol. The summed E-state index contributed by atoms with van der Waals surface area (Å²) in [5.74, 6) is 0.781. The highest BCUT2D eigenvalue weighted by atomic mass is 35.5. The van der Waals surface area contributed by atoms with Gasteiger partial charge in [-0.05, 0) is 24.1 Å². The van der Waals surface area contributed by atoms with E-state index < -0.39 is 0 Å². The highest BCUT2D eigenvalue weighted by molar-refractivity contribution is 8.13. The lowest BCUT2D eigenvalue weighted by Gasteiger charge is -2.03. The van der Waals surface area contributed by atoms with Gasteiger partial charge in [-0.2, -0.15) is 0 Å². The molecule has 0 heterocycles. The van der Waals surface area contributed by atoms with Gasteiger partial charge in [-0.1, -0.05) is 36.2 Å². The third-order valence-corrected chi connectivity index (χ3v) is 3.57. The maximum absolute atomic E-state index is 7.49. The second-order valence-electron chi connectivity index (χ2n) is 2.81. The van der Waals surface area contributed by atoms with Crippen LogP contribution >= 0.6 is 47.4 Å². The summed E-state index contributed by atoms with van der Waals surface area (Å²) in [4.78, 5) is 0. The molecular weight excluding hydrogens is 273 g/mol. The Morgan fingerprint density at radius 3 is 2.53 bits per heavy atom. The summed E-state index contributed by atoms with van der Waals surface area (Å²) in [6.45, 7) is 1.98. The van der Waals surface area contributed by atoms with Crippen molar-refractivity contribution in [2.75, 3.05) is 0 Å². The molecule has 5 heteroatoms. The average molecular weight is 285 g/mol. The number of nitrogens with one attached hydrogen (secondary N) is 1. The third-order valence-electron chi connectivity index (χ3n) is 1.72. The molecule has 0 amide bonds. The van der Waals surface area contributed by atoms with E-state index in [-0.39, 0.29) is 12.4 Å². The van der Waals surface area contributed by atoms with Crippen LogP contribution in [-0.2, 0) is 5.75 Å². The average Bonchev–Trinajstić information content (AvgIpc) is 2.19. The zero-order valence-electron chi connectivity index (χ0n) is 8.22. The van der Waals surface area contributed by atoms with Gasteiger partial charge in [0, 0.05) is 5.75 Å². The molecule has 1 nitrogen and oxygen atoms in total. The molecular formula is C10H12Cl3NS. The van der Waals surface area contributed by atoms with Crippen LogP contribution in [0.3, 0.4) is 0 Å². The van der Waals surface area contributed by atoms with Crippen LogP contribution in [0, 0.1) is 5.41 Å². The number of benzene rings is 1. The summed E-state index contributed by atoms with van der Waals surface area (Å²) in [6, 6.07) is 5.57. The van der Waals surface area contributed by atoms with E-state index in [1.165, 1.54) is 11.8 Å². The second kappa shape index (κ2) is 7.39. The van der Waals surface area contributed by atoms with E-state index >= 15 is 0 Å². The molecule has 0 atom stereocenters. The molecule has 15 heavy (non-hydrogen) atoms. The van der Waals surface area contributed by atoms with Gasteiger partial charge in [-0.15, -0.1) is 24.2 Å². The quantitative estimate of drug-likeness (QED) is 0.610. The highest BCUT2D eigenvalue weighted by Crippen LogP contribution is 2.25. The Bertz CT molecular complexity index is 341. The van der Waals surface area contributed by atoms with E-state index in [4.69, 9.17) is 28.6 Å². The number of hydrogen-bond donors (Lipinski definition) is 1. The van der Waals surface area contributed by atoms with Crippen LogP contribution in [0.2, 0.25) is 10.0 Å². The number of halogens is 3. The Labute approximate surface area is 110 Å². The lowest BCUT2D eigenvalue weighted by atomic mass is 10.2. The number of thioether (sulfide) groups is 1. The molecule has 0 radical (unpaired) electrons. The molecule has 1 aromatic rings. The Morgan fingerprint density at radius 1 is 1.33 bits per heavy atom. The Balaban J connectivity index is 0.00000196. The lowest BCUT2D eigenvalue weighted by molar-refractivity contribution is 1.28.